The van der Waals surface area contributed by atoms with Gasteiger partial charge >= 0.3 is 6.09 Å². The van der Waals surface area contributed by atoms with E-state index in [1.807, 2.05) is 0 Å². The van der Waals surface area contributed by atoms with Gasteiger partial charge in [-0.05, 0) is 44.9 Å². The Balaban J connectivity index is 2.13. The second-order valence-electron chi connectivity index (χ2n) is 5.53. The van der Waals surface area contributed by atoms with Crippen molar-refractivity contribution >= 4 is 6.09 Å². The lowest BCUT2D eigenvalue weighted by molar-refractivity contribution is -0.0701. The molecule has 0 aliphatic heterocycles. The number of aliphatic hydroxyl groups is 2. The summed E-state index contributed by atoms with van der Waals surface area (Å²) in [5, 5.41) is 22.3. The Labute approximate surface area is 108 Å². The maximum atomic E-state index is 11.7. The van der Waals surface area contributed by atoms with Crippen LogP contribution in [0.2, 0.25) is 0 Å². The zero-order valence-electron chi connectivity index (χ0n) is 10.9. The van der Waals surface area contributed by atoms with Crippen molar-refractivity contribution in [1.29, 1.82) is 0 Å². The largest absolute Gasteiger partial charge is 0.450 e. The Hall–Kier alpha value is -0.810. The first-order chi connectivity index (χ1) is 8.61. The molecule has 0 aromatic rings. The molecule has 18 heavy (non-hydrogen) atoms. The molecule has 2 bridgehead atoms. The summed E-state index contributed by atoms with van der Waals surface area (Å²) >= 11 is 0. The first-order valence-corrected chi connectivity index (χ1v) is 6.85. The van der Waals surface area contributed by atoms with Crippen molar-refractivity contribution in [1.82, 2.24) is 5.32 Å². The van der Waals surface area contributed by atoms with Gasteiger partial charge in [-0.1, -0.05) is 0 Å². The molecule has 3 N–H and O–H groups in total. The molecule has 4 unspecified atom stereocenters. The van der Waals surface area contributed by atoms with E-state index in [9.17, 15) is 15.0 Å². The lowest BCUT2D eigenvalue weighted by Crippen LogP contribution is -2.63. The summed E-state index contributed by atoms with van der Waals surface area (Å²) in [7, 11) is 0. The number of fused-ring (bicyclic) bond motifs is 3. The van der Waals surface area contributed by atoms with Crippen LogP contribution in [0.1, 0.15) is 39.0 Å². The molecule has 0 aromatic carbocycles. The van der Waals surface area contributed by atoms with E-state index < -0.39 is 11.6 Å². The molecule has 0 heterocycles. The summed E-state index contributed by atoms with van der Waals surface area (Å²) in [5.41, 5.74) is -0.485. The third kappa shape index (κ3) is 2.47. The second-order valence-corrected chi connectivity index (χ2v) is 5.53. The number of hydrogen-bond acceptors (Lipinski definition) is 4. The molecule has 104 valence electrons. The van der Waals surface area contributed by atoms with Crippen molar-refractivity contribution in [2.24, 2.45) is 11.8 Å². The molecule has 3 aliphatic rings. The smallest absolute Gasteiger partial charge is 0.407 e. The molecule has 1 amide bonds. The fourth-order valence-corrected chi connectivity index (χ4v) is 3.79. The molecule has 5 heteroatoms. The van der Waals surface area contributed by atoms with Crippen LogP contribution in [0.15, 0.2) is 0 Å². The SMILES string of the molecule is CCOC(=O)NC1(CCO)CC2CCC1C(O)C2. The number of rotatable bonds is 4. The highest BCUT2D eigenvalue weighted by molar-refractivity contribution is 5.68. The number of alkyl carbamates (subject to hydrolysis) is 1. The van der Waals surface area contributed by atoms with Crippen molar-refractivity contribution in [3.8, 4) is 0 Å². The summed E-state index contributed by atoms with van der Waals surface area (Å²) in [6, 6.07) is 0. The van der Waals surface area contributed by atoms with Crippen LogP contribution in [0.5, 0.6) is 0 Å². The lowest BCUT2D eigenvalue weighted by atomic mass is 9.58. The van der Waals surface area contributed by atoms with E-state index in [0.717, 1.165) is 25.7 Å². The average molecular weight is 257 g/mol. The number of carbonyl (C=O) groups excluding carboxylic acids is 1. The van der Waals surface area contributed by atoms with Gasteiger partial charge in [-0.25, -0.2) is 4.79 Å². The van der Waals surface area contributed by atoms with Crippen LogP contribution in [0, 0.1) is 11.8 Å². The van der Waals surface area contributed by atoms with E-state index in [1.54, 1.807) is 6.92 Å². The number of aliphatic hydroxyl groups excluding tert-OH is 2. The number of ether oxygens (including phenoxy) is 1. The molecule has 3 fully saturated rings. The molecular formula is C13H23NO4. The zero-order chi connectivity index (χ0) is 13.2. The van der Waals surface area contributed by atoms with Gasteiger partial charge in [0.05, 0.1) is 18.2 Å². The van der Waals surface area contributed by atoms with Crippen LogP contribution in [-0.2, 0) is 4.74 Å². The monoisotopic (exact) mass is 257 g/mol. The van der Waals surface area contributed by atoms with Crippen molar-refractivity contribution in [3.63, 3.8) is 0 Å². The Morgan fingerprint density at radius 2 is 2.28 bits per heavy atom. The molecule has 3 saturated carbocycles. The third-order valence-electron chi connectivity index (χ3n) is 4.47. The average Bonchev–Trinajstić information content (AvgIpc) is 2.29. The summed E-state index contributed by atoms with van der Waals surface area (Å²) in [5.74, 6) is 0.484. The van der Waals surface area contributed by atoms with Gasteiger partial charge in [0, 0.05) is 12.5 Å². The van der Waals surface area contributed by atoms with E-state index in [1.165, 1.54) is 0 Å². The Morgan fingerprint density at radius 1 is 1.50 bits per heavy atom. The van der Waals surface area contributed by atoms with Gasteiger partial charge in [-0.15, -0.1) is 0 Å². The second kappa shape index (κ2) is 5.45. The van der Waals surface area contributed by atoms with E-state index in [2.05, 4.69) is 5.32 Å². The van der Waals surface area contributed by atoms with Crippen molar-refractivity contribution < 1.29 is 19.7 Å². The summed E-state index contributed by atoms with van der Waals surface area (Å²) in [4.78, 5) is 11.7. The fourth-order valence-electron chi connectivity index (χ4n) is 3.79. The Morgan fingerprint density at radius 3 is 2.83 bits per heavy atom. The minimum atomic E-state index is -0.485. The fraction of sp³-hybridized carbons (Fsp3) is 0.923. The Bertz CT molecular complexity index is 309. The van der Waals surface area contributed by atoms with Crippen molar-refractivity contribution in [3.05, 3.63) is 0 Å². The summed E-state index contributed by atoms with van der Waals surface area (Å²) < 4.78 is 4.95. The molecule has 5 nitrogen and oxygen atoms in total. The molecule has 0 radical (unpaired) electrons. The predicted octanol–water partition coefficient (Wildman–Crippen LogP) is 1.03. The normalized spacial score (nSPS) is 38.5. The van der Waals surface area contributed by atoms with E-state index >= 15 is 0 Å². The summed E-state index contributed by atoms with van der Waals surface area (Å²) in [6.07, 6.45) is 3.37. The first kappa shape index (κ1) is 13.6. The van der Waals surface area contributed by atoms with Gasteiger partial charge in [0.25, 0.3) is 0 Å². The molecule has 0 saturated heterocycles. The maximum Gasteiger partial charge on any atom is 0.407 e. The number of carbonyl (C=O) groups is 1. The molecule has 0 aromatic heterocycles. The van der Waals surface area contributed by atoms with Gasteiger partial charge < -0.3 is 20.3 Å². The van der Waals surface area contributed by atoms with Crippen LogP contribution in [0.4, 0.5) is 4.79 Å². The predicted molar refractivity (Wildman–Crippen MR) is 66.0 cm³/mol. The van der Waals surface area contributed by atoms with E-state index in [4.69, 9.17) is 4.74 Å². The zero-order valence-corrected chi connectivity index (χ0v) is 10.9. The maximum absolute atomic E-state index is 11.7. The van der Waals surface area contributed by atoms with E-state index in [0.29, 0.717) is 18.9 Å². The highest BCUT2D eigenvalue weighted by Crippen LogP contribution is 2.48. The minimum Gasteiger partial charge on any atom is -0.450 e. The molecule has 0 spiro atoms. The highest BCUT2D eigenvalue weighted by atomic mass is 16.5. The van der Waals surface area contributed by atoms with Crippen molar-refractivity contribution in [2.45, 2.75) is 50.7 Å². The van der Waals surface area contributed by atoms with Gasteiger partial charge in [0.2, 0.25) is 0 Å². The van der Waals surface area contributed by atoms with Gasteiger partial charge in [0.1, 0.15) is 0 Å². The summed E-state index contributed by atoms with van der Waals surface area (Å²) in [6.45, 7) is 2.11. The molecular weight excluding hydrogens is 234 g/mol. The van der Waals surface area contributed by atoms with Crippen LogP contribution in [0.3, 0.4) is 0 Å². The van der Waals surface area contributed by atoms with Gasteiger partial charge in [0.15, 0.2) is 0 Å². The lowest BCUT2D eigenvalue weighted by Gasteiger charge is -2.53. The number of nitrogens with one attached hydrogen (secondary N) is 1. The molecule has 4 atom stereocenters. The van der Waals surface area contributed by atoms with Crippen LogP contribution in [0.25, 0.3) is 0 Å². The number of amides is 1. The molecule has 3 rings (SSSR count). The quantitative estimate of drug-likeness (QED) is 0.703. The standard InChI is InChI=1S/C13H23NO4/c1-2-18-12(17)14-13(5-6-15)8-9-3-4-10(13)11(16)7-9/h9-11,15-16H,2-8H2,1H3,(H,14,17). The minimum absolute atomic E-state index is 0.0162. The third-order valence-corrected chi connectivity index (χ3v) is 4.47. The highest BCUT2D eigenvalue weighted by Gasteiger charge is 2.52. The molecule has 3 aliphatic carbocycles. The van der Waals surface area contributed by atoms with Crippen molar-refractivity contribution in [2.75, 3.05) is 13.2 Å². The van der Waals surface area contributed by atoms with Gasteiger partial charge in [-0.2, -0.15) is 0 Å². The first-order valence-electron chi connectivity index (χ1n) is 6.85. The van der Waals surface area contributed by atoms with Crippen LogP contribution < -0.4 is 5.32 Å². The Kier molecular flexibility index (Phi) is 4.12. The number of hydrogen-bond donors (Lipinski definition) is 3. The topological polar surface area (TPSA) is 78.8 Å². The van der Waals surface area contributed by atoms with E-state index in [-0.39, 0.29) is 18.6 Å². The van der Waals surface area contributed by atoms with Gasteiger partial charge in [-0.3, -0.25) is 0 Å². The van der Waals surface area contributed by atoms with Crippen LogP contribution in [-0.4, -0.2) is 41.2 Å². The van der Waals surface area contributed by atoms with Crippen LogP contribution >= 0.6 is 0 Å².